The molecule has 0 fully saturated rings. The molecule has 0 N–H and O–H groups in total. The van der Waals surface area contributed by atoms with Crippen LogP contribution in [-0.2, 0) is 0 Å². The normalized spacial score (nSPS) is 10.9. The fourth-order valence-corrected chi connectivity index (χ4v) is 2.70. The molecule has 0 amide bonds. The number of hydrogen-bond donors (Lipinski definition) is 0. The summed E-state index contributed by atoms with van der Waals surface area (Å²) in [4.78, 5) is 4.69. The van der Waals surface area contributed by atoms with Crippen LogP contribution in [0.15, 0.2) is 60.7 Å². The number of pyridine rings is 1. The number of nitriles is 1. The van der Waals surface area contributed by atoms with Crippen LogP contribution in [0.3, 0.4) is 0 Å². The molecular weight excluding hydrogens is 244 g/mol. The first-order valence-electron chi connectivity index (χ1n) is 6.48. The van der Waals surface area contributed by atoms with Gasteiger partial charge >= 0.3 is 0 Å². The van der Waals surface area contributed by atoms with E-state index in [2.05, 4.69) is 35.3 Å². The van der Waals surface area contributed by atoms with Gasteiger partial charge in [0.1, 0.15) is 6.07 Å². The third-order valence-electron chi connectivity index (χ3n) is 3.66. The van der Waals surface area contributed by atoms with Crippen LogP contribution in [0.4, 0.5) is 0 Å². The van der Waals surface area contributed by atoms with Gasteiger partial charge in [0.05, 0.1) is 16.6 Å². The van der Waals surface area contributed by atoms with Gasteiger partial charge in [-0.2, -0.15) is 5.26 Å². The van der Waals surface area contributed by atoms with E-state index in [-0.39, 0.29) is 0 Å². The van der Waals surface area contributed by atoms with Gasteiger partial charge in [0.25, 0.3) is 0 Å². The van der Waals surface area contributed by atoms with Crippen LogP contribution in [-0.4, -0.2) is 4.98 Å². The zero-order chi connectivity index (χ0) is 13.5. The van der Waals surface area contributed by atoms with Gasteiger partial charge in [-0.3, -0.25) is 0 Å². The van der Waals surface area contributed by atoms with Crippen molar-refractivity contribution in [2.24, 2.45) is 0 Å². The second-order valence-corrected chi connectivity index (χ2v) is 4.83. The van der Waals surface area contributed by atoms with E-state index in [0.717, 1.165) is 32.6 Å². The zero-order valence-corrected chi connectivity index (χ0v) is 10.7. The topological polar surface area (TPSA) is 36.7 Å². The van der Waals surface area contributed by atoms with E-state index in [1.807, 2.05) is 36.4 Å². The van der Waals surface area contributed by atoms with E-state index >= 15 is 0 Å². The minimum atomic E-state index is 0.705. The molecule has 2 nitrogen and oxygen atoms in total. The first-order chi connectivity index (χ1) is 9.86. The fraction of sp³-hybridized carbons (Fsp3) is 0. The van der Waals surface area contributed by atoms with Gasteiger partial charge < -0.3 is 0 Å². The Labute approximate surface area is 115 Å². The van der Waals surface area contributed by atoms with Crippen molar-refractivity contribution in [1.82, 2.24) is 4.98 Å². The monoisotopic (exact) mass is 254 g/mol. The highest BCUT2D eigenvalue weighted by Crippen LogP contribution is 2.28. The number of para-hydroxylation sites is 1. The molecule has 0 unspecified atom stereocenters. The molecular formula is C18H10N2. The zero-order valence-electron chi connectivity index (χ0n) is 10.7. The first kappa shape index (κ1) is 11.0. The molecule has 2 heteroatoms. The molecule has 0 bridgehead atoms. The van der Waals surface area contributed by atoms with Crippen LogP contribution >= 0.6 is 0 Å². The lowest BCUT2D eigenvalue weighted by Gasteiger charge is -2.06. The third-order valence-corrected chi connectivity index (χ3v) is 3.66. The lowest BCUT2D eigenvalue weighted by molar-refractivity contribution is 1.47. The van der Waals surface area contributed by atoms with Crippen LogP contribution in [0, 0.1) is 11.3 Å². The van der Waals surface area contributed by atoms with Gasteiger partial charge in [-0.15, -0.1) is 0 Å². The lowest BCUT2D eigenvalue weighted by Crippen LogP contribution is -1.89. The number of benzene rings is 3. The third kappa shape index (κ3) is 1.47. The minimum Gasteiger partial charge on any atom is -0.248 e. The highest BCUT2D eigenvalue weighted by Gasteiger charge is 2.09. The molecule has 0 radical (unpaired) electrons. The molecule has 4 aromatic rings. The van der Waals surface area contributed by atoms with E-state index in [4.69, 9.17) is 0 Å². The molecule has 4 rings (SSSR count). The van der Waals surface area contributed by atoms with Crippen LogP contribution < -0.4 is 0 Å². The Morgan fingerprint density at radius 2 is 1.45 bits per heavy atom. The Kier molecular flexibility index (Phi) is 2.21. The maximum absolute atomic E-state index is 9.53. The van der Waals surface area contributed by atoms with Crippen molar-refractivity contribution in [1.29, 1.82) is 5.26 Å². The summed E-state index contributed by atoms with van der Waals surface area (Å²) in [6.07, 6.45) is 0. The molecule has 1 aromatic heterocycles. The molecule has 92 valence electrons. The Bertz CT molecular complexity index is 1000. The van der Waals surface area contributed by atoms with Crippen molar-refractivity contribution >= 4 is 32.6 Å². The molecule has 0 aliphatic carbocycles. The van der Waals surface area contributed by atoms with E-state index < -0.39 is 0 Å². The van der Waals surface area contributed by atoms with Crippen LogP contribution in [0.1, 0.15) is 5.56 Å². The minimum absolute atomic E-state index is 0.705. The predicted molar refractivity (Wildman–Crippen MR) is 81.5 cm³/mol. The molecule has 3 aromatic carbocycles. The summed E-state index contributed by atoms with van der Waals surface area (Å²) >= 11 is 0. The highest BCUT2D eigenvalue weighted by atomic mass is 14.7. The van der Waals surface area contributed by atoms with Crippen molar-refractivity contribution in [3.8, 4) is 6.07 Å². The molecule has 0 spiro atoms. The number of fused-ring (bicyclic) bond motifs is 3. The molecule has 0 saturated carbocycles. The van der Waals surface area contributed by atoms with Gasteiger partial charge in [0.2, 0.25) is 0 Å². The molecule has 1 heterocycles. The highest BCUT2D eigenvalue weighted by molar-refractivity contribution is 6.05. The van der Waals surface area contributed by atoms with Gasteiger partial charge in [-0.05, 0) is 29.0 Å². The van der Waals surface area contributed by atoms with E-state index in [0.29, 0.717) is 5.56 Å². The molecule has 0 atom stereocenters. The van der Waals surface area contributed by atoms with Crippen molar-refractivity contribution in [2.75, 3.05) is 0 Å². The van der Waals surface area contributed by atoms with Crippen LogP contribution in [0.2, 0.25) is 0 Å². The lowest BCUT2D eigenvalue weighted by atomic mass is 10.0. The molecule has 0 aliphatic heterocycles. The van der Waals surface area contributed by atoms with Crippen molar-refractivity contribution in [3.05, 3.63) is 66.2 Å². The molecule has 20 heavy (non-hydrogen) atoms. The van der Waals surface area contributed by atoms with Crippen molar-refractivity contribution in [2.45, 2.75) is 0 Å². The van der Waals surface area contributed by atoms with Crippen molar-refractivity contribution < 1.29 is 0 Å². The first-order valence-corrected chi connectivity index (χ1v) is 6.48. The SMILES string of the molecule is N#Cc1c2ccccc2nc2cc3ccccc3cc12. The van der Waals surface area contributed by atoms with Crippen molar-refractivity contribution in [3.63, 3.8) is 0 Å². The van der Waals surface area contributed by atoms with Gasteiger partial charge in [0.15, 0.2) is 0 Å². The van der Waals surface area contributed by atoms with Crippen LogP contribution in [0.25, 0.3) is 32.6 Å². The Balaban J connectivity index is 2.29. The maximum atomic E-state index is 9.53. The second kappa shape index (κ2) is 4.04. The smallest absolute Gasteiger partial charge is 0.101 e. The standard InChI is InChI=1S/C18H10N2/c19-11-16-14-7-3-4-8-17(14)20-18-10-13-6-2-1-5-12(13)9-15(16)18/h1-10H. The Hall–Kier alpha value is -2.92. The summed E-state index contributed by atoms with van der Waals surface area (Å²) in [6, 6.07) is 22.4. The van der Waals surface area contributed by atoms with Crippen LogP contribution in [0.5, 0.6) is 0 Å². The molecule has 0 saturated heterocycles. The average Bonchev–Trinajstić information content (AvgIpc) is 2.50. The summed E-state index contributed by atoms with van der Waals surface area (Å²) in [5, 5.41) is 13.6. The fourth-order valence-electron chi connectivity index (χ4n) is 2.70. The largest absolute Gasteiger partial charge is 0.248 e. The number of rotatable bonds is 0. The summed E-state index contributed by atoms with van der Waals surface area (Å²) in [5.41, 5.74) is 2.45. The Morgan fingerprint density at radius 1 is 0.750 bits per heavy atom. The average molecular weight is 254 g/mol. The quantitative estimate of drug-likeness (QED) is 0.436. The maximum Gasteiger partial charge on any atom is 0.101 e. The molecule has 0 aliphatic rings. The van der Waals surface area contributed by atoms with E-state index in [9.17, 15) is 5.26 Å². The summed E-state index contributed by atoms with van der Waals surface area (Å²) in [6.45, 7) is 0. The number of aromatic nitrogens is 1. The van der Waals surface area contributed by atoms with Gasteiger partial charge in [-0.25, -0.2) is 4.98 Å². The number of nitrogens with zero attached hydrogens (tertiary/aromatic N) is 2. The summed E-state index contributed by atoms with van der Waals surface area (Å²) in [7, 11) is 0. The summed E-state index contributed by atoms with van der Waals surface area (Å²) < 4.78 is 0. The second-order valence-electron chi connectivity index (χ2n) is 4.83. The van der Waals surface area contributed by atoms with Gasteiger partial charge in [-0.1, -0.05) is 42.5 Å². The van der Waals surface area contributed by atoms with E-state index in [1.165, 1.54) is 0 Å². The number of hydrogen-bond acceptors (Lipinski definition) is 2. The summed E-state index contributed by atoms with van der Waals surface area (Å²) in [5.74, 6) is 0. The van der Waals surface area contributed by atoms with E-state index in [1.54, 1.807) is 0 Å². The Morgan fingerprint density at radius 3 is 2.25 bits per heavy atom. The predicted octanol–water partition coefficient (Wildman–Crippen LogP) is 4.41. The van der Waals surface area contributed by atoms with Gasteiger partial charge in [0, 0.05) is 10.8 Å².